The van der Waals surface area contributed by atoms with Gasteiger partial charge in [0.1, 0.15) is 17.4 Å². The molecule has 2 aromatic carbocycles. The van der Waals surface area contributed by atoms with Crippen LogP contribution in [-0.2, 0) is 22.6 Å². The number of nitrogens with zero attached hydrogens (tertiary/aromatic N) is 2. The van der Waals surface area contributed by atoms with Crippen LogP contribution in [0, 0.1) is 6.92 Å². The van der Waals surface area contributed by atoms with E-state index in [4.69, 9.17) is 21.1 Å². The number of carbonyl (C=O) groups excluding carboxylic acids is 1. The van der Waals surface area contributed by atoms with E-state index < -0.39 is 0 Å². The quantitative estimate of drug-likeness (QED) is 0.486. The Morgan fingerprint density at radius 2 is 1.97 bits per heavy atom. The fourth-order valence-corrected chi connectivity index (χ4v) is 4.75. The molecule has 0 aliphatic carbocycles. The number of amides is 1. The van der Waals surface area contributed by atoms with Crippen molar-refractivity contribution in [1.29, 1.82) is 0 Å². The predicted octanol–water partition coefficient (Wildman–Crippen LogP) is 4.42. The van der Waals surface area contributed by atoms with Gasteiger partial charge in [0.15, 0.2) is 0 Å². The fraction of sp³-hybridized carbons (Fsp3) is 0.360. The summed E-state index contributed by atoms with van der Waals surface area (Å²) in [5.41, 5.74) is 2.96. The first-order chi connectivity index (χ1) is 16.1. The second kappa shape index (κ2) is 11.6. The van der Waals surface area contributed by atoms with Gasteiger partial charge in [0.2, 0.25) is 5.91 Å². The van der Waals surface area contributed by atoms with Crippen LogP contribution in [-0.4, -0.2) is 48.6 Å². The van der Waals surface area contributed by atoms with Crippen molar-refractivity contribution in [2.24, 2.45) is 0 Å². The van der Waals surface area contributed by atoms with Crippen molar-refractivity contribution in [1.82, 2.24) is 15.2 Å². The minimum Gasteiger partial charge on any atom is -0.486 e. The average Bonchev–Trinajstić information content (AvgIpc) is 3.28. The minimum atomic E-state index is -0.0587. The molecule has 1 N–H and O–H groups in total. The lowest BCUT2D eigenvalue weighted by atomic mass is 10.0. The lowest BCUT2D eigenvalue weighted by Gasteiger charge is -2.35. The second-order valence-corrected chi connectivity index (χ2v) is 9.35. The number of thiazole rings is 1. The summed E-state index contributed by atoms with van der Waals surface area (Å²) in [6.07, 6.45) is 0.236. The number of hydrogen-bond donors (Lipinski definition) is 1. The van der Waals surface area contributed by atoms with Crippen molar-refractivity contribution >= 4 is 28.8 Å². The molecule has 1 unspecified atom stereocenters. The number of hydrogen-bond acceptors (Lipinski definition) is 6. The average molecular weight is 486 g/mol. The first-order valence-corrected chi connectivity index (χ1v) is 12.3. The standard InChI is InChI=1S/C25H28ClN3O3S/c1-18-6-8-20(9-7-18)32-16-25-28-19(17-33-25)14-24(30)27-15-23(29-10-12-31-13-11-29)21-4-2-3-5-22(21)26/h2-9,17,23H,10-16H2,1H3,(H,27,30). The molecule has 8 heteroatoms. The molecular weight excluding hydrogens is 458 g/mol. The molecule has 174 valence electrons. The smallest absolute Gasteiger partial charge is 0.226 e. The van der Waals surface area contributed by atoms with Crippen molar-refractivity contribution in [3.05, 3.63) is 80.8 Å². The molecule has 6 nitrogen and oxygen atoms in total. The van der Waals surface area contributed by atoms with Crippen molar-refractivity contribution in [2.75, 3.05) is 32.8 Å². The number of halogens is 1. The highest BCUT2D eigenvalue weighted by Gasteiger charge is 2.25. The third-order valence-corrected chi connectivity index (χ3v) is 6.78. The van der Waals surface area contributed by atoms with E-state index in [1.165, 1.54) is 16.9 Å². The Kier molecular flexibility index (Phi) is 8.34. The molecule has 0 spiro atoms. The van der Waals surface area contributed by atoms with Crippen LogP contribution in [0.4, 0.5) is 0 Å². The third kappa shape index (κ3) is 6.77. The molecule has 3 aromatic rings. The summed E-state index contributed by atoms with van der Waals surface area (Å²) in [6.45, 7) is 5.89. The van der Waals surface area contributed by atoms with Gasteiger partial charge in [0.25, 0.3) is 0 Å². The van der Waals surface area contributed by atoms with Crippen LogP contribution in [0.1, 0.15) is 27.9 Å². The van der Waals surface area contributed by atoms with Gasteiger partial charge in [-0.25, -0.2) is 4.98 Å². The van der Waals surface area contributed by atoms with Gasteiger partial charge in [-0.2, -0.15) is 0 Å². The summed E-state index contributed by atoms with van der Waals surface area (Å²) in [4.78, 5) is 19.6. The Bertz CT molecular complexity index is 1050. The Morgan fingerprint density at radius 1 is 1.21 bits per heavy atom. The molecule has 1 fully saturated rings. The highest BCUT2D eigenvalue weighted by molar-refractivity contribution is 7.09. The Labute approximate surface area is 203 Å². The number of benzene rings is 2. The maximum absolute atomic E-state index is 12.7. The number of carbonyl (C=O) groups is 1. The van der Waals surface area contributed by atoms with E-state index in [2.05, 4.69) is 15.2 Å². The second-order valence-electron chi connectivity index (χ2n) is 8.00. The van der Waals surface area contributed by atoms with Crippen LogP contribution in [0.3, 0.4) is 0 Å². The van der Waals surface area contributed by atoms with Crippen molar-refractivity contribution < 1.29 is 14.3 Å². The molecule has 1 aliphatic rings. The van der Waals surface area contributed by atoms with Crippen LogP contribution in [0.2, 0.25) is 5.02 Å². The Balaban J connectivity index is 1.31. The number of aromatic nitrogens is 1. The van der Waals surface area contributed by atoms with Gasteiger partial charge in [-0.1, -0.05) is 47.5 Å². The maximum Gasteiger partial charge on any atom is 0.226 e. The summed E-state index contributed by atoms with van der Waals surface area (Å²) in [6, 6.07) is 15.7. The molecule has 1 saturated heterocycles. The van der Waals surface area contributed by atoms with Gasteiger partial charge in [0.05, 0.1) is 31.4 Å². The van der Waals surface area contributed by atoms with Crippen LogP contribution in [0.15, 0.2) is 53.9 Å². The summed E-state index contributed by atoms with van der Waals surface area (Å²) < 4.78 is 11.3. The normalized spacial score (nSPS) is 15.2. The van der Waals surface area contributed by atoms with Gasteiger partial charge in [-0.3, -0.25) is 9.69 Å². The Hall–Kier alpha value is -2.45. The van der Waals surface area contributed by atoms with Crippen molar-refractivity contribution in [3.63, 3.8) is 0 Å². The largest absolute Gasteiger partial charge is 0.486 e. The summed E-state index contributed by atoms with van der Waals surface area (Å²) in [5, 5.41) is 6.55. The zero-order valence-corrected chi connectivity index (χ0v) is 20.2. The monoisotopic (exact) mass is 485 g/mol. The van der Waals surface area contributed by atoms with E-state index >= 15 is 0 Å². The molecule has 0 bridgehead atoms. The molecule has 2 heterocycles. The van der Waals surface area contributed by atoms with E-state index in [0.29, 0.717) is 31.4 Å². The van der Waals surface area contributed by atoms with Gasteiger partial charge < -0.3 is 14.8 Å². The molecule has 0 radical (unpaired) electrons. The van der Waals surface area contributed by atoms with Gasteiger partial charge >= 0.3 is 0 Å². The van der Waals surface area contributed by atoms with E-state index in [0.717, 1.165) is 35.1 Å². The van der Waals surface area contributed by atoms with E-state index in [-0.39, 0.29) is 18.4 Å². The molecule has 0 saturated carbocycles. The molecule has 1 amide bonds. The SMILES string of the molecule is Cc1ccc(OCc2nc(CC(=O)NCC(c3ccccc3Cl)N3CCOCC3)cs2)cc1. The van der Waals surface area contributed by atoms with Crippen LogP contribution >= 0.6 is 22.9 Å². The molecule has 1 aliphatic heterocycles. The maximum atomic E-state index is 12.7. The first-order valence-electron chi connectivity index (χ1n) is 11.0. The van der Waals surface area contributed by atoms with Gasteiger partial charge in [0, 0.05) is 30.0 Å². The number of ether oxygens (including phenoxy) is 2. The van der Waals surface area contributed by atoms with Crippen LogP contribution in [0.25, 0.3) is 0 Å². The first kappa shape index (κ1) is 23.7. The Morgan fingerprint density at radius 3 is 2.73 bits per heavy atom. The molecular formula is C25H28ClN3O3S. The van der Waals surface area contributed by atoms with Crippen LogP contribution in [0.5, 0.6) is 5.75 Å². The third-order valence-electron chi connectivity index (χ3n) is 5.57. The van der Waals surface area contributed by atoms with E-state index in [9.17, 15) is 4.79 Å². The predicted molar refractivity (Wildman–Crippen MR) is 131 cm³/mol. The topological polar surface area (TPSA) is 63.7 Å². The zero-order valence-electron chi connectivity index (χ0n) is 18.6. The number of rotatable bonds is 9. The van der Waals surface area contributed by atoms with E-state index in [1.807, 2.05) is 60.8 Å². The number of morpholine rings is 1. The molecule has 4 rings (SSSR count). The van der Waals surface area contributed by atoms with Gasteiger partial charge in [-0.15, -0.1) is 11.3 Å². The highest BCUT2D eigenvalue weighted by Crippen LogP contribution is 2.28. The molecule has 33 heavy (non-hydrogen) atoms. The van der Waals surface area contributed by atoms with Crippen molar-refractivity contribution in [3.8, 4) is 5.75 Å². The summed E-state index contributed by atoms with van der Waals surface area (Å²) >= 11 is 7.98. The highest BCUT2D eigenvalue weighted by atomic mass is 35.5. The van der Waals surface area contributed by atoms with Crippen LogP contribution < -0.4 is 10.1 Å². The minimum absolute atomic E-state index is 0.000420. The lowest BCUT2D eigenvalue weighted by molar-refractivity contribution is -0.120. The van der Waals surface area contributed by atoms with Crippen molar-refractivity contribution in [2.45, 2.75) is 26.0 Å². The van der Waals surface area contributed by atoms with Gasteiger partial charge in [-0.05, 0) is 30.7 Å². The number of aryl methyl sites for hydroxylation is 1. The van der Waals surface area contributed by atoms with E-state index in [1.54, 1.807) is 0 Å². The summed E-state index contributed by atoms with van der Waals surface area (Å²) in [7, 11) is 0. The lowest BCUT2D eigenvalue weighted by Crippen LogP contribution is -2.44. The number of nitrogens with one attached hydrogen (secondary N) is 1. The fourth-order valence-electron chi connectivity index (χ4n) is 3.78. The molecule has 1 atom stereocenters. The zero-order chi connectivity index (χ0) is 23.0. The molecule has 1 aromatic heterocycles. The summed E-state index contributed by atoms with van der Waals surface area (Å²) in [5.74, 6) is 0.750.